The average molecular weight is 265 g/mol. The second-order valence-corrected chi connectivity index (χ2v) is 4.88. The molecular formula is C13H23N5O. The van der Waals surface area contributed by atoms with Crippen molar-refractivity contribution in [3.63, 3.8) is 0 Å². The molecule has 106 valence electrons. The molecule has 0 amide bonds. The maximum absolute atomic E-state index is 11.6. The van der Waals surface area contributed by atoms with E-state index in [2.05, 4.69) is 25.2 Å². The maximum Gasteiger partial charge on any atom is 0.373 e. The number of rotatable bonds is 5. The van der Waals surface area contributed by atoms with Crippen LogP contribution in [0.4, 0.5) is 11.9 Å². The van der Waals surface area contributed by atoms with Crippen molar-refractivity contribution in [2.24, 2.45) is 0 Å². The molecule has 19 heavy (non-hydrogen) atoms. The number of anilines is 2. The van der Waals surface area contributed by atoms with E-state index in [9.17, 15) is 4.79 Å². The number of hydrogen-bond acceptors (Lipinski definition) is 5. The van der Waals surface area contributed by atoms with Crippen LogP contribution in [0.2, 0.25) is 0 Å². The second-order valence-electron chi connectivity index (χ2n) is 4.88. The molecule has 0 aliphatic heterocycles. The predicted octanol–water partition coefficient (Wildman–Crippen LogP) is 2.01. The van der Waals surface area contributed by atoms with Crippen molar-refractivity contribution in [3.05, 3.63) is 10.5 Å². The molecule has 1 fully saturated rings. The molecule has 2 rings (SSSR count). The zero-order chi connectivity index (χ0) is 13.7. The van der Waals surface area contributed by atoms with Crippen LogP contribution in [0.1, 0.15) is 52.0 Å². The molecule has 0 radical (unpaired) electrons. The molecular weight excluding hydrogens is 242 g/mol. The molecule has 1 heterocycles. The highest BCUT2D eigenvalue weighted by atomic mass is 16.1. The largest absolute Gasteiger partial charge is 0.373 e. The van der Waals surface area contributed by atoms with Crippen LogP contribution in [-0.2, 0) is 0 Å². The maximum atomic E-state index is 11.6. The fourth-order valence-corrected chi connectivity index (χ4v) is 2.66. The monoisotopic (exact) mass is 265 g/mol. The van der Waals surface area contributed by atoms with Gasteiger partial charge in [-0.3, -0.25) is 4.57 Å². The zero-order valence-corrected chi connectivity index (χ0v) is 11.8. The third kappa shape index (κ3) is 3.24. The van der Waals surface area contributed by atoms with Crippen molar-refractivity contribution in [2.75, 3.05) is 23.7 Å². The van der Waals surface area contributed by atoms with E-state index in [4.69, 9.17) is 0 Å². The van der Waals surface area contributed by atoms with Gasteiger partial charge in [-0.05, 0) is 26.7 Å². The van der Waals surface area contributed by atoms with Crippen LogP contribution in [-0.4, -0.2) is 27.6 Å². The summed E-state index contributed by atoms with van der Waals surface area (Å²) in [6, 6.07) is 0.387. The first-order valence-corrected chi connectivity index (χ1v) is 7.24. The van der Waals surface area contributed by atoms with E-state index in [1.165, 1.54) is 19.3 Å². The summed E-state index contributed by atoms with van der Waals surface area (Å²) in [5, 5.41) is 6.37. The summed E-state index contributed by atoms with van der Waals surface area (Å²) in [4.78, 5) is 19.6. The van der Waals surface area contributed by atoms with E-state index in [0.29, 0.717) is 17.9 Å². The Balaban J connectivity index is 2.42. The predicted molar refractivity (Wildman–Crippen MR) is 76.7 cm³/mol. The van der Waals surface area contributed by atoms with Gasteiger partial charge in [0.2, 0.25) is 11.9 Å². The minimum atomic E-state index is -0.432. The highest BCUT2D eigenvalue weighted by Gasteiger charge is 2.21. The van der Waals surface area contributed by atoms with Crippen LogP contribution in [0.5, 0.6) is 0 Å². The van der Waals surface area contributed by atoms with Gasteiger partial charge in [-0.1, -0.05) is 19.3 Å². The Morgan fingerprint density at radius 3 is 2.05 bits per heavy atom. The highest BCUT2D eigenvalue weighted by Crippen LogP contribution is 2.31. The van der Waals surface area contributed by atoms with Crippen LogP contribution in [0.15, 0.2) is 4.79 Å². The van der Waals surface area contributed by atoms with E-state index in [1.54, 1.807) is 0 Å². The highest BCUT2D eigenvalue weighted by molar-refractivity contribution is 5.37. The van der Waals surface area contributed by atoms with Gasteiger partial charge in [-0.25, -0.2) is 4.79 Å². The Morgan fingerprint density at radius 1 is 1.05 bits per heavy atom. The lowest BCUT2D eigenvalue weighted by atomic mass is 9.95. The van der Waals surface area contributed by atoms with Crippen molar-refractivity contribution < 1.29 is 0 Å². The first-order chi connectivity index (χ1) is 9.26. The van der Waals surface area contributed by atoms with E-state index in [-0.39, 0.29) is 0 Å². The van der Waals surface area contributed by atoms with E-state index in [0.717, 1.165) is 25.9 Å². The molecule has 0 spiro atoms. The van der Waals surface area contributed by atoms with Crippen LogP contribution in [0.25, 0.3) is 0 Å². The van der Waals surface area contributed by atoms with E-state index < -0.39 is 5.69 Å². The van der Waals surface area contributed by atoms with Crippen LogP contribution in [0.3, 0.4) is 0 Å². The Hall–Kier alpha value is -1.59. The zero-order valence-electron chi connectivity index (χ0n) is 11.8. The SMILES string of the molecule is CCNc1nc(=O)nc(NCC)n1C1CCCCC1. The quantitative estimate of drug-likeness (QED) is 0.852. The number of nitrogens with one attached hydrogen (secondary N) is 2. The topological polar surface area (TPSA) is 71.8 Å². The molecule has 0 aromatic carbocycles. The van der Waals surface area contributed by atoms with Gasteiger partial charge in [0.25, 0.3) is 0 Å². The van der Waals surface area contributed by atoms with Gasteiger partial charge in [-0.2, -0.15) is 9.97 Å². The van der Waals surface area contributed by atoms with Gasteiger partial charge in [0.1, 0.15) is 0 Å². The standard InChI is InChI=1S/C13H23N5O/c1-3-14-11-16-13(19)17-12(15-4-2)18(11)10-8-6-5-7-9-10/h10H,3-9H2,1-2H3,(H2,14,15,16,17,19). The molecule has 6 heteroatoms. The Morgan fingerprint density at radius 2 is 1.58 bits per heavy atom. The summed E-state index contributed by atoms with van der Waals surface area (Å²) in [6.07, 6.45) is 6.01. The lowest BCUT2D eigenvalue weighted by Gasteiger charge is -2.28. The van der Waals surface area contributed by atoms with Gasteiger partial charge in [0.05, 0.1) is 0 Å². The molecule has 1 aliphatic rings. The lowest BCUT2D eigenvalue weighted by molar-refractivity contribution is 0.352. The van der Waals surface area contributed by atoms with Gasteiger partial charge < -0.3 is 10.6 Å². The number of hydrogen-bond donors (Lipinski definition) is 2. The van der Waals surface area contributed by atoms with Crippen LogP contribution >= 0.6 is 0 Å². The molecule has 0 unspecified atom stereocenters. The van der Waals surface area contributed by atoms with E-state index in [1.807, 2.05) is 13.8 Å². The Bertz CT molecular complexity index is 434. The van der Waals surface area contributed by atoms with Gasteiger partial charge in [-0.15, -0.1) is 0 Å². The first kappa shape index (κ1) is 13.8. The fraction of sp³-hybridized carbons (Fsp3) is 0.769. The van der Waals surface area contributed by atoms with Crippen LogP contribution in [0, 0.1) is 0 Å². The van der Waals surface area contributed by atoms with E-state index >= 15 is 0 Å². The molecule has 0 bridgehead atoms. The molecule has 2 N–H and O–H groups in total. The Labute approximate surface area is 113 Å². The summed E-state index contributed by atoms with van der Waals surface area (Å²) in [7, 11) is 0. The lowest BCUT2D eigenvalue weighted by Crippen LogP contribution is -2.28. The molecule has 1 aromatic rings. The molecule has 1 saturated carbocycles. The summed E-state index contributed by atoms with van der Waals surface area (Å²) < 4.78 is 2.08. The minimum absolute atomic E-state index is 0.387. The molecule has 0 saturated heterocycles. The smallest absolute Gasteiger partial charge is 0.356 e. The van der Waals surface area contributed by atoms with Crippen molar-refractivity contribution >= 4 is 11.9 Å². The van der Waals surface area contributed by atoms with Gasteiger partial charge in [0, 0.05) is 19.1 Å². The van der Waals surface area contributed by atoms with Crippen LogP contribution < -0.4 is 16.3 Å². The Kier molecular flexibility index (Phi) is 4.76. The van der Waals surface area contributed by atoms with Gasteiger partial charge >= 0.3 is 5.69 Å². The van der Waals surface area contributed by atoms with Crippen molar-refractivity contribution in [1.82, 2.24) is 14.5 Å². The first-order valence-electron chi connectivity index (χ1n) is 7.24. The third-order valence-electron chi connectivity index (χ3n) is 3.47. The molecule has 0 atom stereocenters. The number of aromatic nitrogens is 3. The van der Waals surface area contributed by atoms with Crippen molar-refractivity contribution in [1.29, 1.82) is 0 Å². The summed E-state index contributed by atoms with van der Waals surface area (Å²) in [5.41, 5.74) is -0.432. The summed E-state index contributed by atoms with van der Waals surface area (Å²) in [6.45, 7) is 5.50. The summed E-state index contributed by atoms with van der Waals surface area (Å²) >= 11 is 0. The van der Waals surface area contributed by atoms with Gasteiger partial charge in [0.15, 0.2) is 0 Å². The van der Waals surface area contributed by atoms with Crippen molar-refractivity contribution in [2.45, 2.75) is 52.0 Å². The second kappa shape index (κ2) is 6.54. The normalized spacial score (nSPS) is 16.3. The van der Waals surface area contributed by atoms with Crippen molar-refractivity contribution in [3.8, 4) is 0 Å². The molecule has 1 aromatic heterocycles. The average Bonchev–Trinajstić information content (AvgIpc) is 2.40. The molecule has 1 aliphatic carbocycles. The molecule has 6 nitrogen and oxygen atoms in total. The number of nitrogens with zero attached hydrogens (tertiary/aromatic N) is 3. The third-order valence-corrected chi connectivity index (χ3v) is 3.47. The summed E-state index contributed by atoms with van der Waals surface area (Å²) in [5.74, 6) is 1.29. The minimum Gasteiger partial charge on any atom is -0.356 e. The fourth-order valence-electron chi connectivity index (χ4n) is 2.66.